The number of aromatic nitrogens is 1. The van der Waals surface area contributed by atoms with Gasteiger partial charge in [-0.15, -0.1) is 0 Å². The average molecular weight is 356 g/mol. The minimum atomic E-state index is -4.10. The van der Waals surface area contributed by atoms with Gasteiger partial charge in [-0.2, -0.15) is 0 Å². The lowest BCUT2D eigenvalue weighted by molar-refractivity contribution is 0.568. The number of pyridine rings is 1. The first-order valence-corrected chi connectivity index (χ1v) is 9.17. The smallest absolute Gasteiger partial charge is 0.240 e. The number of halogens is 1. The highest BCUT2D eigenvalue weighted by Crippen LogP contribution is 2.32. The van der Waals surface area contributed by atoms with Gasteiger partial charge >= 0.3 is 0 Å². The molecule has 0 aliphatic carbocycles. The number of aryl methyl sites for hydroxylation is 2. The maximum atomic E-state index is 14.2. The van der Waals surface area contributed by atoms with Gasteiger partial charge in [0.1, 0.15) is 10.7 Å². The highest BCUT2D eigenvalue weighted by Gasteiger charge is 2.16. The monoisotopic (exact) mass is 356 g/mol. The highest BCUT2D eigenvalue weighted by atomic mass is 32.2. The van der Waals surface area contributed by atoms with Crippen LogP contribution in [0.2, 0.25) is 0 Å². The van der Waals surface area contributed by atoms with E-state index in [1.54, 1.807) is 12.3 Å². The van der Waals surface area contributed by atoms with Crippen molar-refractivity contribution >= 4 is 10.0 Å². The molecule has 2 N–H and O–H groups in total. The first-order valence-electron chi connectivity index (χ1n) is 7.62. The molecule has 0 bridgehead atoms. The van der Waals surface area contributed by atoms with Crippen molar-refractivity contribution in [3.8, 4) is 22.4 Å². The summed E-state index contributed by atoms with van der Waals surface area (Å²) >= 11 is 0. The summed E-state index contributed by atoms with van der Waals surface area (Å²) in [4.78, 5) is 3.92. The molecule has 25 heavy (non-hydrogen) atoms. The Morgan fingerprint density at radius 1 is 0.960 bits per heavy atom. The Morgan fingerprint density at radius 3 is 2.24 bits per heavy atom. The van der Waals surface area contributed by atoms with E-state index in [9.17, 15) is 12.8 Å². The SMILES string of the molecule is Cc1cc(C)cc(-c2ncccc2-c2ccc(S(N)(=O)=O)c(F)c2)c1. The lowest BCUT2D eigenvalue weighted by Crippen LogP contribution is -2.13. The van der Waals surface area contributed by atoms with Crippen molar-refractivity contribution in [2.75, 3.05) is 0 Å². The van der Waals surface area contributed by atoms with Crippen LogP contribution in [0.15, 0.2) is 59.6 Å². The molecule has 0 saturated heterocycles. The van der Waals surface area contributed by atoms with E-state index in [1.165, 1.54) is 18.2 Å². The zero-order chi connectivity index (χ0) is 18.2. The number of sulfonamides is 1. The molecule has 1 aromatic heterocycles. The quantitative estimate of drug-likeness (QED) is 0.775. The number of primary sulfonamides is 1. The Morgan fingerprint density at radius 2 is 1.64 bits per heavy atom. The molecule has 0 amide bonds. The van der Waals surface area contributed by atoms with E-state index in [0.717, 1.165) is 16.7 Å². The van der Waals surface area contributed by atoms with Gasteiger partial charge in [0.15, 0.2) is 0 Å². The number of nitrogens with zero attached hydrogens (tertiary/aromatic N) is 1. The van der Waals surface area contributed by atoms with Gasteiger partial charge in [-0.25, -0.2) is 17.9 Å². The van der Waals surface area contributed by atoms with E-state index in [1.807, 2.05) is 32.0 Å². The van der Waals surface area contributed by atoms with Crippen molar-refractivity contribution in [2.45, 2.75) is 18.7 Å². The molecule has 128 valence electrons. The molecule has 0 fully saturated rings. The third kappa shape index (κ3) is 3.60. The molecule has 0 aliphatic heterocycles. The summed E-state index contributed by atoms with van der Waals surface area (Å²) in [6.45, 7) is 4.00. The minimum absolute atomic E-state index is 0.520. The van der Waals surface area contributed by atoms with Gasteiger partial charge in [0, 0.05) is 17.3 Å². The summed E-state index contributed by atoms with van der Waals surface area (Å²) in [6, 6.07) is 13.5. The Labute approximate surface area is 146 Å². The average Bonchev–Trinajstić information content (AvgIpc) is 2.52. The largest absolute Gasteiger partial charge is 0.256 e. The van der Waals surface area contributed by atoms with Crippen LogP contribution < -0.4 is 5.14 Å². The molecule has 1 heterocycles. The summed E-state index contributed by atoms with van der Waals surface area (Å²) in [5.41, 5.74) is 5.07. The van der Waals surface area contributed by atoms with Crippen molar-refractivity contribution in [1.29, 1.82) is 0 Å². The molecule has 0 radical (unpaired) electrons. The second-order valence-corrected chi connectivity index (χ2v) is 7.50. The Hall–Kier alpha value is -2.57. The number of rotatable bonds is 3. The number of benzene rings is 2. The van der Waals surface area contributed by atoms with Crippen LogP contribution in [-0.4, -0.2) is 13.4 Å². The molecule has 2 aromatic carbocycles. The van der Waals surface area contributed by atoms with Crippen LogP contribution in [-0.2, 0) is 10.0 Å². The Balaban J connectivity index is 2.18. The van der Waals surface area contributed by atoms with Crippen LogP contribution in [0.5, 0.6) is 0 Å². The molecule has 0 atom stereocenters. The molecule has 0 aliphatic rings. The summed E-state index contributed by atoms with van der Waals surface area (Å²) in [6.07, 6.45) is 1.67. The molecular weight excluding hydrogens is 339 g/mol. The molecule has 4 nitrogen and oxygen atoms in total. The lowest BCUT2D eigenvalue weighted by Gasteiger charge is -2.11. The van der Waals surface area contributed by atoms with Gasteiger partial charge < -0.3 is 0 Å². The predicted octanol–water partition coefficient (Wildman–Crippen LogP) is 3.82. The third-order valence-electron chi connectivity index (χ3n) is 3.85. The molecule has 3 rings (SSSR count). The van der Waals surface area contributed by atoms with Crippen LogP contribution in [0.25, 0.3) is 22.4 Å². The standard InChI is InChI=1S/C19H17FN2O2S/c1-12-8-13(2)10-15(9-12)19-16(4-3-7-22-19)14-5-6-18(17(20)11-14)25(21,23)24/h3-11H,1-2H3,(H2,21,23,24). The first-order chi connectivity index (χ1) is 11.8. The molecule has 6 heteroatoms. The van der Waals surface area contributed by atoms with Crippen molar-refractivity contribution in [3.05, 3.63) is 71.7 Å². The van der Waals surface area contributed by atoms with E-state index in [4.69, 9.17) is 5.14 Å². The topological polar surface area (TPSA) is 73.0 Å². The first kappa shape index (κ1) is 17.3. The predicted molar refractivity (Wildman–Crippen MR) is 95.9 cm³/mol. The fourth-order valence-corrected chi connectivity index (χ4v) is 3.47. The number of hydrogen-bond donors (Lipinski definition) is 1. The highest BCUT2D eigenvalue weighted by molar-refractivity contribution is 7.89. The van der Waals surface area contributed by atoms with E-state index in [0.29, 0.717) is 16.8 Å². The van der Waals surface area contributed by atoms with Crippen LogP contribution >= 0.6 is 0 Å². The fraction of sp³-hybridized carbons (Fsp3) is 0.105. The van der Waals surface area contributed by atoms with Gasteiger partial charge in [-0.05, 0) is 49.7 Å². The third-order valence-corrected chi connectivity index (χ3v) is 4.80. The second kappa shape index (κ2) is 6.38. The maximum Gasteiger partial charge on any atom is 0.240 e. The van der Waals surface area contributed by atoms with Crippen LogP contribution in [0, 0.1) is 19.7 Å². The Bertz CT molecular complexity index is 1040. The van der Waals surface area contributed by atoms with Gasteiger partial charge in [0.05, 0.1) is 5.69 Å². The van der Waals surface area contributed by atoms with Crippen molar-refractivity contribution in [1.82, 2.24) is 4.98 Å². The van der Waals surface area contributed by atoms with Crippen LogP contribution in [0.3, 0.4) is 0 Å². The molecule has 0 saturated carbocycles. The van der Waals surface area contributed by atoms with Crippen molar-refractivity contribution < 1.29 is 12.8 Å². The maximum absolute atomic E-state index is 14.2. The normalized spacial score (nSPS) is 11.5. The number of hydrogen-bond acceptors (Lipinski definition) is 3. The minimum Gasteiger partial charge on any atom is -0.256 e. The van der Waals surface area contributed by atoms with Crippen LogP contribution in [0.4, 0.5) is 4.39 Å². The van der Waals surface area contributed by atoms with E-state index in [2.05, 4.69) is 11.1 Å². The van der Waals surface area contributed by atoms with Crippen molar-refractivity contribution in [3.63, 3.8) is 0 Å². The zero-order valence-corrected chi connectivity index (χ0v) is 14.6. The Kier molecular flexibility index (Phi) is 4.41. The second-order valence-electron chi connectivity index (χ2n) is 5.97. The number of nitrogens with two attached hydrogens (primary N) is 1. The summed E-state index contributed by atoms with van der Waals surface area (Å²) in [5, 5.41) is 5.02. The van der Waals surface area contributed by atoms with Gasteiger partial charge in [-0.3, -0.25) is 4.98 Å². The summed E-state index contributed by atoms with van der Waals surface area (Å²) < 4.78 is 37.0. The van der Waals surface area contributed by atoms with Crippen molar-refractivity contribution in [2.24, 2.45) is 5.14 Å². The van der Waals surface area contributed by atoms with Crippen LogP contribution in [0.1, 0.15) is 11.1 Å². The molecule has 3 aromatic rings. The van der Waals surface area contributed by atoms with E-state index in [-0.39, 0.29) is 0 Å². The fourth-order valence-electron chi connectivity index (χ4n) is 2.88. The molecule has 0 unspecified atom stereocenters. The molecule has 0 spiro atoms. The van der Waals surface area contributed by atoms with E-state index >= 15 is 0 Å². The zero-order valence-electron chi connectivity index (χ0n) is 13.8. The lowest BCUT2D eigenvalue weighted by atomic mass is 9.97. The van der Waals surface area contributed by atoms with Gasteiger partial charge in [-0.1, -0.05) is 29.3 Å². The van der Waals surface area contributed by atoms with Gasteiger partial charge in [0.2, 0.25) is 10.0 Å². The molecular formula is C19H17FN2O2S. The summed E-state index contributed by atoms with van der Waals surface area (Å²) in [5.74, 6) is -0.879. The van der Waals surface area contributed by atoms with E-state index < -0.39 is 20.7 Å². The summed E-state index contributed by atoms with van der Waals surface area (Å²) in [7, 11) is -4.10. The van der Waals surface area contributed by atoms with Gasteiger partial charge in [0.25, 0.3) is 0 Å².